The largest absolute Gasteiger partial charge is 0.290 e. The Morgan fingerprint density at radius 3 is 2.41 bits per heavy atom. The van der Waals surface area contributed by atoms with Crippen molar-refractivity contribution >= 4 is 28.2 Å². The summed E-state index contributed by atoms with van der Waals surface area (Å²) in [6, 6.07) is 13.4. The smallest absolute Gasteiger partial charge is 0.277 e. The molecule has 0 saturated heterocycles. The number of fused-ring (bicyclic) bond motifs is 1. The molecule has 1 aliphatic rings. The van der Waals surface area contributed by atoms with Crippen molar-refractivity contribution in [3.63, 3.8) is 0 Å². The lowest BCUT2D eigenvalue weighted by atomic mass is 9.98. The highest BCUT2D eigenvalue weighted by molar-refractivity contribution is 6.24. The van der Waals surface area contributed by atoms with E-state index in [1.165, 1.54) is 6.08 Å². The molecule has 0 aliphatic heterocycles. The van der Waals surface area contributed by atoms with Crippen LogP contribution in [-0.4, -0.2) is 17.4 Å². The van der Waals surface area contributed by atoms with Gasteiger partial charge >= 0.3 is 0 Å². The summed E-state index contributed by atoms with van der Waals surface area (Å²) in [4.78, 5) is 28.1. The van der Waals surface area contributed by atoms with Gasteiger partial charge in [0.25, 0.3) is 5.91 Å². The Morgan fingerprint density at radius 2 is 1.64 bits per heavy atom. The highest BCUT2D eigenvalue weighted by Gasteiger charge is 2.14. The van der Waals surface area contributed by atoms with Gasteiger partial charge in [0.15, 0.2) is 5.78 Å². The molecular weight excluding hydrogens is 274 g/mol. The molecule has 0 aromatic heterocycles. The summed E-state index contributed by atoms with van der Waals surface area (Å²) in [6.07, 6.45) is 3.18. The molecule has 22 heavy (non-hydrogen) atoms. The Balaban J connectivity index is 1.98. The Kier molecular flexibility index (Phi) is 3.55. The number of allylic oxidation sites excluding steroid dienone is 4. The summed E-state index contributed by atoms with van der Waals surface area (Å²) in [5, 5.41) is 2.09. The van der Waals surface area contributed by atoms with Crippen molar-refractivity contribution in [2.75, 3.05) is 0 Å². The molecule has 0 fully saturated rings. The van der Waals surface area contributed by atoms with Crippen LogP contribution in [0.25, 0.3) is 10.8 Å². The van der Waals surface area contributed by atoms with Crippen molar-refractivity contribution in [1.29, 1.82) is 0 Å². The molecule has 0 N–H and O–H groups in total. The third-order valence-corrected chi connectivity index (χ3v) is 3.71. The lowest BCUT2D eigenvalue weighted by molar-refractivity contribution is -0.111. The van der Waals surface area contributed by atoms with E-state index in [9.17, 15) is 9.59 Å². The lowest BCUT2D eigenvalue weighted by Gasteiger charge is -2.09. The van der Waals surface area contributed by atoms with Crippen molar-refractivity contribution < 1.29 is 9.59 Å². The minimum atomic E-state index is -0.299. The second-order valence-corrected chi connectivity index (χ2v) is 5.38. The minimum Gasteiger partial charge on any atom is -0.290 e. The molecule has 2 aromatic rings. The predicted octanol–water partition coefficient (Wildman–Crippen LogP) is 3.90. The number of amides is 1. The van der Waals surface area contributed by atoms with Crippen LogP contribution in [0.1, 0.15) is 24.2 Å². The summed E-state index contributed by atoms with van der Waals surface area (Å²) < 4.78 is 0. The zero-order valence-electron chi connectivity index (χ0n) is 12.5. The minimum absolute atomic E-state index is 0.0328. The predicted molar refractivity (Wildman–Crippen MR) is 88.2 cm³/mol. The normalized spacial score (nSPS) is 16.6. The van der Waals surface area contributed by atoms with Crippen molar-refractivity contribution in [2.24, 2.45) is 4.99 Å². The number of rotatable bonds is 1. The van der Waals surface area contributed by atoms with E-state index in [1.807, 2.05) is 36.4 Å². The van der Waals surface area contributed by atoms with E-state index in [0.29, 0.717) is 22.4 Å². The fourth-order valence-electron chi connectivity index (χ4n) is 2.39. The number of benzene rings is 2. The van der Waals surface area contributed by atoms with Gasteiger partial charge in [0.05, 0.1) is 5.71 Å². The van der Waals surface area contributed by atoms with E-state index in [2.05, 4.69) is 4.99 Å². The van der Waals surface area contributed by atoms with Gasteiger partial charge in [-0.2, -0.15) is 0 Å². The second kappa shape index (κ2) is 5.53. The first-order valence-corrected chi connectivity index (χ1v) is 7.08. The van der Waals surface area contributed by atoms with Gasteiger partial charge in [-0.15, -0.1) is 0 Å². The van der Waals surface area contributed by atoms with Crippen molar-refractivity contribution in [3.05, 3.63) is 71.3 Å². The number of carbonyl (C=O) groups excluding carboxylic acids is 2. The first-order chi connectivity index (χ1) is 10.5. The molecule has 0 radical (unpaired) electrons. The molecule has 3 heteroatoms. The fourth-order valence-corrected chi connectivity index (χ4v) is 2.39. The summed E-state index contributed by atoms with van der Waals surface area (Å²) in [5.74, 6) is -0.332. The molecule has 1 aliphatic carbocycles. The van der Waals surface area contributed by atoms with Gasteiger partial charge in [-0.25, -0.2) is 4.99 Å². The molecule has 0 bridgehead atoms. The molecule has 3 nitrogen and oxygen atoms in total. The Hall–Kier alpha value is -2.81. The maximum Gasteiger partial charge on any atom is 0.277 e. The van der Waals surface area contributed by atoms with E-state index in [-0.39, 0.29) is 11.7 Å². The molecule has 0 unspecified atom stereocenters. The van der Waals surface area contributed by atoms with E-state index >= 15 is 0 Å². The molecule has 2 aromatic carbocycles. The first-order valence-electron chi connectivity index (χ1n) is 7.08. The van der Waals surface area contributed by atoms with E-state index in [4.69, 9.17) is 0 Å². The van der Waals surface area contributed by atoms with Crippen molar-refractivity contribution in [1.82, 2.24) is 0 Å². The molecule has 0 atom stereocenters. The van der Waals surface area contributed by atoms with E-state index in [1.54, 1.807) is 26.0 Å². The average molecular weight is 289 g/mol. The van der Waals surface area contributed by atoms with Crippen LogP contribution in [0, 0.1) is 0 Å². The van der Waals surface area contributed by atoms with Crippen molar-refractivity contribution in [2.45, 2.75) is 13.8 Å². The van der Waals surface area contributed by atoms with Crippen LogP contribution < -0.4 is 0 Å². The Bertz CT molecular complexity index is 885. The summed E-state index contributed by atoms with van der Waals surface area (Å²) in [5.41, 5.74) is 2.40. The zero-order chi connectivity index (χ0) is 15.7. The second-order valence-electron chi connectivity index (χ2n) is 5.38. The van der Waals surface area contributed by atoms with Crippen molar-refractivity contribution in [3.8, 4) is 0 Å². The fraction of sp³-hybridized carbons (Fsp3) is 0.105. The van der Waals surface area contributed by atoms with Gasteiger partial charge < -0.3 is 0 Å². The summed E-state index contributed by atoms with van der Waals surface area (Å²) >= 11 is 0. The summed E-state index contributed by atoms with van der Waals surface area (Å²) in [6.45, 7) is 3.51. The maximum absolute atomic E-state index is 12.4. The standard InChI is InChI=1S/C19H15NO2/c1-12-10-18(21)13(2)9-17(12)20-19(22)16-8-7-14-5-3-4-6-15(14)11-16/h3-11H,1-2H3. The Labute approximate surface area is 128 Å². The monoisotopic (exact) mass is 289 g/mol. The highest BCUT2D eigenvalue weighted by atomic mass is 16.1. The van der Waals surface area contributed by atoms with Gasteiger partial charge in [0.1, 0.15) is 0 Å². The van der Waals surface area contributed by atoms with Crippen LogP contribution in [0.15, 0.2) is 70.8 Å². The van der Waals surface area contributed by atoms with Gasteiger partial charge in [-0.1, -0.05) is 30.3 Å². The SMILES string of the molecule is CC1=CC(=NC(=O)c2ccc3ccccc3c2)C(C)=CC1=O. The number of carbonyl (C=O) groups is 2. The van der Waals surface area contributed by atoms with Crippen LogP contribution in [0.3, 0.4) is 0 Å². The molecule has 108 valence electrons. The number of hydrogen-bond donors (Lipinski definition) is 0. The van der Waals surface area contributed by atoms with E-state index in [0.717, 1.165) is 10.8 Å². The van der Waals surface area contributed by atoms with Gasteiger partial charge in [-0.05, 0) is 60.1 Å². The van der Waals surface area contributed by atoms with Crippen LogP contribution in [0.2, 0.25) is 0 Å². The van der Waals surface area contributed by atoms with Crippen LogP contribution in [0.4, 0.5) is 0 Å². The zero-order valence-corrected chi connectivity index (χ0v) is 12.5. The molecule has 1 amide bonds. The topological polar surface area (TPSA) is 46.5 Å². The number of ketones is 1. The highest BCUT2D eigenvalue weighted by Crippen LogP contribution is 2.18. The molecule has 0 saturated carbocycles. The number of nitrogens with zero attached hydrogens (tertiary/aromatic N) is 1. The maximum atomic E-state index is 12.4. The van der Waals surface area contributed by atoms with Gasteiger partial charge in [0.2, 0.25) is 0 Å². The van der Waals surface area contributed by atoms with E-state index < -0.39 is 0 Å². The third-order valence-electron chi connectivity index (χ3n) is 3.71. The lowest BCUT2D eigenvalue weighted by Crippen LogP contribution is -2.12. The van der Waals surface area contributed by atoms with Crippen LogP contribution >= 0.6 is 0 Å². The first kappa shape index (κ1) is 14.1. The van der Waals surface area contributed by atoms with Crippen LogP contribution in [-0.2, 0) is 4.79 Å². The summed E-state index contributed by atoms with van der Waals surface area (Å²) in [7, 11) is 0. The van der Waals surface area contributed by atoms with Crippen LogP contribution in [0.5, 0.6) is 0 Å². The molecular formula is C19H15NO2. The molecule has 0 heterocycles. The molecule has 3 rings (SSSR count). The van der Waals surface area contributed by atoms with Gasteiger partial charge in [-0.3, -0.25) is 9.59 Å². The Morgan fingerprint density at radius 1 is 0.909 bits per heavy atom. The quantitative estimate of drug-likeness (QED) is 0.747. The molecule has 0 spiro atoms. The third kappa shape index (κ3) is 2.66. The number of aliphatic imine (C=N–C) groups is 1. The number of hydrogen-bond acceptors (Lipinski definition) is 2. The van der Waals surface area contributed by atoms with Gasteiger partial charge in [0, 0.05) is 5.56 Å². The average Bonchev–Trinajstić information content (AvgIpc) is 2.52.